The standard InChI is InChI=1S/C13H11F3N4O2.C5H5ClN2.C2H6/c1-22-11-3-2-9(6-17-11)20-12-10(19-7-21)4-8(5-18-12)13(14,15)16;1-4-2-8-5(6)3-7-4;1-2/h2-7H,1H3,(H,18,20)(H,19,21);2-3H,1H3;1-2H3. The Balaban J connectivity index is 0.000000427. The number of rotatable bonds is 5. The fourth-order valence-corrected chi connectivity index (χ4v) is 2.08. The number of alkyl halides is 3. The van der Waals surface area contributed by atoms with E-state index >= 15 is 0 Å². The summed E-state index contributed by atoms with van der Waals surface area (Å²) in [7, 11) is 1.46. The summed E-state index contributed by atoms with van der Waals surface area (Å²) in [5.74, 6) is 0.448. The Morgan fingerprint density at radius 1 is 1.03 bits per heavy atom. The van der Waals surface area contributed by atoms with E-state index in [1.165, 1.54) is 19.5 Å². The van der Waals surface area contributed by atoms with Crippen LogP contribution >= 0.6 is 11.6 Å². The van der Waals surface area contributed by atoms with E-state index in [4.69, 9.17) is 16.3 Å². The normalized spacial score (nSPS) is 10.0. The molecule has 0 spiro atoms. The fraction of sp³-hybridized carbons (Fsp3) is 0.250. The molecule has 3 rings (SSSR count). The summed E-state index contributed by atoms with van der Waals surface area (Å²) in [6, 6.07) is 3.97. The number of carbonyl (C=O) groups is 1. The first-order chi connectivity index (χ1) is 15.2. The van der Waals surface area contributed by atoms with Crippen molar-refractivity contribution in [3.63, 3.8) is 0 Å². The van der Waals surface area contributed by atoms with Crippen LogP contribution in [0.5, 0.6) is 5.88 Å². The van der Waals surface area contributed by atoms with E-state index in [-0.39, 0.29) is 17.9 Å². The van der Waals surface area contributed by atoms with Crippen LogP contribution in [0.3, 0.4) is 0 Å². The molecule has 8 nitrogen and oxygen atoms in total. The van der Waals surface area contributed by atoms with Crippen molar-refractivity contribution in [3.8, 4) is 5.88 Å². The summed E-state index contributed by atoms with van der Waals surface area (Å²) in [6.45, 7) is 5.86. The third-order valence-electron chi connectivity index (χ3n) is 3.39. The number of aryl methyl sites for hydroxylation is 1. The number of aromatic nitrogens is 4. The molecule has 0 fully saturated rings. The molecule has 0 aliphatic heterocycles. The lowest BCUT2D eigenvalue weighted by atomic mass is 10.2. The van der Waals surface area contributed by atoms with Crippen molar-refractivity contribution in [3.05, 3.63) is 59.4 Å². The maximum absolute atomic E-state index is 12.6. The summed E-state index contributed by atoms with van der Waals surface area (Å²) in [4.78, 5) is 25.8. The number of carbonyl (C=O) groups excluding carboxylic acids is 1. The zero-order valence-electron chi connectivity index (χ0n) is 17.7. The zero-order chi connectivity index (χ0) is 24.1. The first kappa shape index (κ1) is 26.6. The van der Waals surface area contributed by atoms with Crippen LogP contribution in [0.25, 0.3) is 0 Å². The van der Waals surface area contributed by atoms with Crippen LogP contribution in [0.1, 0.15) is 25.1 Å². The molecule has 0 unspecified atom stereocenters. The van der Waals surface area contributed by atoms with Gasteiger partial charge in [-0.25, -0.2) is 15.0 Å². The van der Waals surface area contributed by atoms with Crippen molar-refractivity contribution in [2.45, 2.75) is 26.9 Å². The summed E-state index contributed by atoms with van der Waals surface area (Å²) in [6.07, 6.45) is 0.971. The SMILES string of the molecule is CC.COc1ccc(Nc2ncc(C(F)(F)F)cc2NC=O)cn1.Cc1cnc(Cl)cn1. The van der Waals surface area contributed by atoms with Gasteiger partial charge in [-0.2, -0.15) is 13.2 Å². The molecule has 32 heavy (non-hydrogen) atoms. The van der Waals surface area contributed by atoms with E-state index in [0.717, 1.165) is 11.8 Å². The highest BCUT2D eigenvalue weighted by Gasteiger charge is 2.31. The fourth-order valence-electron chi connectivity index (χ4n) is 1.98. The van der Waals surface area contributed by atoms with Gasteiger partial charge >= 0.3 is 6.18 Å². The molecular formula is C20H22ClF3N6O2. The highest BCUT2D eigenvalue weighted by atomic mass is 35.5. The van der Waals surface area contributed by atoms with Crippen LogP contribution in [0.2, 0.25) is 5.15 Å². The average Bonchev–Trinajstić information content (AvgIpc) is 2.79. The molecule has 3 heterocycles. The Morgan fingerprint density at radius 2 is 1.75 bits per heavy atom. The minimum Gasteiger partial charge on any atom is -0.481 e. The maximum atomic E-state index is 12.6. The highest BCUT2D eigenvalue weighted by Crippen LogP contribution is 2.33. The van der Waals surface area contributed by atoms with E-state index in [2.05, 4.69) is 30.6 Å². The molecule has 0 aliphatic carbocycles. The van der Waals surface area contributed by atoms with Crippen molar-refractivity contribution in [1.82, 2.24) is 19.9 Å². The summed E-state index contributed by atoms with van der Waals surface area (Å²) >= 11 is 5.44. The number of nitrogens with one attached hydrogen (secondary N) is 2. The second-order valence-corrected chi connectivity index (χ2v) is 5.96. The van der Waals surface area contributed by atoms with Crippen LogP contribution in [0.4, 0.5) is 30.4 Å². The predicted molar refractivity (Wildman–Crippen MR) is 116 cm³/mol. The Morgan fingerprint density at radius 3 is 2.22 bits per heavy atom. The van der Waals surface area contributed by atoms with E-state index in [9.17, 15) is 18.0 Å². The van der Waals surface area contributed by atoms with Gasteiger partial charge in [-0.05, 0) is 19.1 Å². The monoisotopic (exact) mass is 470 g/mol. The average molecular weight is 471 g/mol. The molecule has 0 aromatic carbocycles. The number of hydrogen-bond donors (Lipinski definition) is 2. The third-order valence-corrected chi connectivity index (χ3v) is 3.58. The number of anilines is 3. The second-order valence-electron chi connectivity index (χ2n) is 5.57. The molecule has 0 saturated carbocycles. The topological polar surface area (TPSA) is 102 Å². The Bertz CT molecular complexity index is 950. The molecule has 0 saturated heterocycles. The lowest BCUT2D eigenvalue weighted by Crippen LogP contribution is -2.09. The van der Waals surface area contributed by atoms with Gasteiger partial charge in [0, 0.05) is 18.5 Å². The number of amides is 1. The first-order valence-electron chi connectivity index (χ1n) is 9.21. The largest absolute Gasteiger partial charge is 0.481 e. The van der Waals surface area contributed by atoms with Crippen molar-refractivity contribution in [2.75, 3.05) is 17.7 Å². The second kappa shape index (κ2) is 13.1. The molecule has 0 radical (unpaired) electrons. The molecule has 3 aromatic rings. The minimum atomic E-state index is -4.55. The smallest absolute Gasteiger partial charge is 0.417 e. The van der Waals surface area contributed by atoms with Crippen LogP contribution < -0.4 is 15.4 Å². The lowest BCUT2D eigenvalue weighted by Gasteiger charge is -2.13. The molecule has 2 N–H and O–H groups in total. The molecule has 0 bridgehead atoms. The minimum absolute atomic E-state index is 0.0621. The molecule has 0 aliphatic rings. The van der Waals surface area contributed by atoms with Gasteiger partial charge in [0.2, 0.25) is 12.3 Å². The Hall–Kier alpha value is -3.47. The van der Waals surface area contributed by atoms with Gasteiger partial charge in [0.25, 0.3) is 0 Å². The van der Waals surface area contributed by atoms with Gasteiger partial charge in [0.15, 0.2) is 5.82 Å². The van der Waals surface area contributed by atoms with Gasteiger partial charge in [-0.1, -0.05) is 25.4 Å². The number of methoxy groups -OCH3 is 1. The molecule has 0 atom stereocenters. The summed E-state index contributed by atoms with van der Waals surface area (Å²) in [5.41, 5.74) is 0.298. The third kappa shape index (κ3) is 8.72. The van der Waals surface area contributed by atoms with Crippen molar-refractivity contribution >= 4 is 35.2 Å². The van der Waals surface area contributed by atoms with Crippen LogP contribution in [-0.2, 0) is 11.0 Å². The highest BCUT2D eigenvalue weighted by molar-refractivity contribution is 6.29. The van der Waals surface area contributed by atoms with Crippen molar-refractivity contribution in [2.24, 2.45) is 0 Å². The maximum Gasteiger partial charge on any atom is 0.417 e. The van der Waals surface area contributed by atoms with E-state index in [1.54, 1.807) is 18.3 Å². The molecule has 12 heteroatoms. The Labute approximate surface area is 188 Å². The number of halogens is 4. The lowest BCUT2D eigenvalue weighted by molar-refractivity contribution is -0.137. The number of nitrogens with zero attached hydrogens (tertiary/aromatic N) is 4. The van der Waals surface area contributed by atoms with Crippen molar-refractivity contribution in [1.29, 1.82) is 0 Å². The summed E-state index contributed by atoms with van der Waals surface area (Å²) < 4.78 is 42.8. The van der Waals surface area contributed by atoms with Gasteiger partial charge in [0.1, 0.15) is 5.15 Å². The quantitative estimate of drug-likeness (QED) is 0.489. The Kier molecular flexibility index (Phi) is 10.8. The van der Waals surface area contributed by atoms with Crippen molar-refractivity contribution < 1.29 is 22.7 Å². The number of ether oxygens (including phenoxy) is 1. The molecule has 3 aromatic heterocycles. The summed E-state index contributed by atoms with van der Waals surface area (Å²) in [5, 5.41) is 5.39. The molecule has 1 amide bonds. The number of hydrogen-bond acceptors (Lipinski definition) is 7. The van der Waals surface area contributed by atoms with Gasteiger partial charge in [-0.15, -0.1) is 0 Å². The molecular weight excluding hydrogens is 449 g/mol. The van der Waals surface area contributed by atoms with E-state index in [0.29, 0.717) is 22.9 Å². The van der Waals surface area contributed by atoms with Crippen LogP contribution in [0.15, 0.2) is 43.0 Å². The van der Waals surface area contributed by atoms with Crippen LogP contribution in [0, 0.1) is 6.92 Å². The van der Waals surface area contributed by atoms with E-state index in [1.807, 2.05) is 20.8 Å². The van der Waals surface area contributed by atoms with Gasteiger partial charge in [-0.3, -0.25) is 9.78 Å². The molecule has 172 valence electrons. The van der Waals surface area contributed by atoms with E-state index < -0.39 is 11.7 Å². The first-order valence-corrected chi connectivity index (χ1v) is 9.59. The van der Waals surface area contributed by atoms with Crippen LogP contribution in [-0.4, -0.2) is 33.5 Å². The number of pyridine rings is 2. The predicted octanol–water partition coefficient (Wildman–Crippen LogP) is 5.28. The van der Waals surface area contributed by atoms with Gasteiger partial charge < -0.3 is 15.4 Å². The van der Waals surface area contributed by atoms with Gasteiger partial charge in [0.05, 0.1) is 42.1 Å². The zero-order valence-corrected chi connectivity index (χ0v) is 18.5.